The largest absolute Gasteiger partial charge is 0.494 e. The van der Waals surface area contributed by atoms with Gasteiger partial charge in [-0.1, -0.05) is 37.3 Å². The minimum atomic E-state index is -0.378. The summed E-state index contributed by atoms with van der Waals surface area (Å²) in [5.74, 6) is 6.11. The number of halogens is 1. The van der Waals surface area contributed by atoms with Crippen LogP contribution in [0.4, 0.5) is 4.39 Å². The monoisotopic (exact) mass is 274 g/mol. The molecule has 0 saturated heterocycles. The Balaban J connectivity index is 2.22. The molecule has 0 radical (unpaired) electrons. The molecule has 3 nitrogen and oxygen atoms in total. The van der Waals surface area contributed by atoms with Gasteiger partial charge >= 0.3 is 0 Å². The highest BCUT2D eigenvalue weighted by atomic mass is 19.1. The highest BCUT2D eigenvalue weighted by molar-refractivity contribution is 5.35. The van der Waals surface area contributed by atoms with Gasteiger partial charge in [0.1, 0.15) is 11.6 Å². The lowest BCUT2D eigenvalue weighted by Crippen LogP contribution is -2.29. The van der Waals surface area contributed by atoms with Gasteiger partial charge in [0.2, 0.25) is 0 Å². The van der Waals surface area contributed by atoms with Crippen molar-refractivity contribution >= 4 is 0 Å². The smallest absolute Gasteiger partial charge is 0.128 e. The predicted octanol–water partition coefficient (Wildman–Crippen LogP) is 3.17. The molecule has 0 bridgehead atoms. The molecule has 3 N–H and O–H groups in total. The van der Waals surface area contributed by atoms with Gasteiger partial charge in [-0.15, -0.1) is 0 Å². The SMILES string of the molecule is CCCOc1ccc(C(NN)c2ccccc2F)cc1. The minimum absolute atomic E-state index is 0.276. The molecular weight excluding hydrogens is 255 g/mol. The molecule has 2 aromatic rings. The van der Waals surface area contributed by atoms with Gasteiger partial charge in [0.05, 0.1) is 12.6 Å². The van der Waals surface area contributed by atoms with Crippen molar-refractivity contribution in [3.63, 3.8) is 0 Å². The second-order valence-electron chi connectivity index (χ2n) is 4.54. The molecule has 1 unspecified atom stereocenters. The van der Waals surface area contributed by atoms with Crippen LogP contribution in [-0.2, 0) is 0 Å². The van der Waals surface area contributed by atoms with Gasteiger partial charge in [0.25, 0.3) is 0 Å². The van der Waals surface area contributed by atoms with Crippen LogP contribution < -0.4 is 16.0 Å². The molecular formula is C16H19FN2O. The third-order valence-corrected chi connectivity index (χ3v) is 3.07. The minimum Gasteiger partial charge on any atom is -0.494 e. The second-order valence-corrected chi connectivity index (χ2v) is 4.54. The van der Waals surface area contributed by atoms with E-state index in [9.17, 15) is 4.39 Å². The first-order valence-electron chi connectivity index (χ1n) is 6.69. The number of nitrogens with one attached hydrogen (secondary N) is 1. The number of nitrogens with two attached hydrogens (primary N) is 1. The zero-order valence-corrected chi connectivity index (χ0v) is 11.5. The summed E-state index contributed by atoms with van der Waals surface area (Å²) in [7, 11) is 0. The van der Waals surface area contributed by atoms with Crippen LogP contribution in [0.1, 0.15) is 30.5 Å². The van der Waals surface area contributed by atoms with Gasteiger partial charge in [0, 0.05) is 5.56 Å². The molecule has 2 rings (SSSR count). The van der Waals surface area contributed by atoms with Crippen LogP contribution in [-0.4, -0.2) is 6.61 Å². The number of benzene rings is 2. The van der Waals surface area contributed by atoms with Gasteiger partial charge in [-0.05, 0) is 30.2 Å². The average molecular weight is 274 g/mol. The van der Waals surface area contributed by atoms with Crippen LogP contribution >= 0.6 is 0 Å². The standard InChI is InChI=1S/C16H19FN2O/c1-2-11-20-13-9-7-12(8-10-13)16(19-18)14-5-3-4-6-15(14)17/h3-10,16,19H,2,11,18H2,1H3. The molecule has 0 spiro atoms. The molecule has 20 heavy (non-hydrogen) atoms. The lowest BCUT2D eigenvalue weighted by atomic mass is 9.99. The molecule has 0 aliphatic heterocycles. The summed E-state index contributed by atoms with van der Waals surface area (Å²) in [5.41, 5.74) is 4.07. The Hall–Kier alpha value is -1.91. The Morgan fingerprint density at radius 2 is 1.85 bits per heavy atom. The summed E-state index contributed by atoms with van der Waals surface area (Å²) in [4.78, 5) is 0. The van der Waals surface area contributed by atoms with E-state index in [1.807, 2.05) is 24.3 Å². The molecule has 4 heteroatoms. The normalized spacial score (nSPS) is 12.2. The number of hydrogen-bond donors (Lipinski definition) is 2. The second kappa shape index (κ2) is 7.03. The maximum Gasteiger partial charge on any atom is 0.128 e. The molecule has 0 aliphatic rings. The fraction of sp³-hybridized carbons (Fsp3) is 0.250. The third kappa shape index (κ3) is 3.35. The van der Waals surface area contributed by atoms with Crippen molar-refractivity contribution in [2.45, 2.75) is 19.4 Å². The Kier molecular flexibility index (Phi) is 5.09. The fourth-order valence-corrected chi connectivity index (χ4v) is 2.05. The Morgan fingerprint density at radius 1 is 1.15 bits per heavy atom. The van der Waals surface area contributed by atoms with Crippen LogP contribution in [0.15, 0.2) is 48.5 Å². The van der Waals surface area contributed by atoms with Crippen LogP contribution in [0, 0.1) is 5.82 Å². The van der Waals surface area contributed by atoms with Crippen molar-refractivity contribution in [2.24, 2.45) is 5.84 Å². The molecule has 0 aromatic heterocycles. The maximum atomic E-state index is 13.8. The number of rotatable bonds is 6. The lowest BCUT2D eigenvalue weighted by molar-refractivity contribution is 0.317. The van der Waals surface area contributed by atoms with Crippen molar-refractivity contribution in [1.29, 1.82) is 0 Å². The van der Waals surface area contributed by atoms with Gasteiger partial charge in [-0.2, -0.15) is 0 Å². The average Bonchev–Trinajstić information content (AvgIpc) is 2.49. The van der Waals surface area contributed by atoms with E-state index in [2.05, 4.69) is 12.3 Å². The van der Waals surface area contributed by atoms with Crippen molar-refractivity contribution in [1.82, 2.24) is 5.43 Å². The van der Waals surface area contributed by atoms with E-state index in [0.29, 0.717) is 12.2 Å². The Labute approximate surface area is 118 Å². The summed E-state index contributed by atoms with van der Waals surface area (Å²) in [5, 5.41) is 0. The van der Waals surface area contributed by atoms with Gasteiger partial charge in [0.15, 0.2) is 0 Å². The Morgan fingerprint density at radius 3 is 2.45 bits per heavy atom. The van der Waals surface area contributed by atoms with E-state index in [1.165, 1.54) is 6.07 Å². The highest BCUT2D eigenvalue weighted by Crippen LogP contribution is 2.25. The quantitative estimate of drug-likeness (QED) is 0.628. The molecule has 0 aliphatic carbocycles. The molecule has 0 fully saturated rings. The summed E-state index contributed by atoms with van der Waals surface area (Å²) >= 11 is 0. The topological polar surface area (TPSA) is 47.3 Å². The van der Waals surface area contributed by atoms with Crippen molar-refractivity contribution in [3.8, 4) is 5.75 Å². The number of hydrogen-bond acceptors (Lipinski definition) is 3. The van der Waals surface area contributed by atoms with Gasteiger partial charge < -0.3 is 4.74 Å². The summed E-state index contributed by atoms with van der Waals surface area (Å²) in [6.07, 6.45) is 0.962. The van der Waals surface area contributed by atoms with E-state index in [-0.39, 0.29) is 11.9 Å². The molecule has 2 aromatic carbocycles. The van der Waals surface area contributed by atoms with E-state index in [1.54, 1.807) is 18.2 Å². The molecule has 106 valence electrons. The first-order chi connectivity index (χ1) is 9.76. The summed E-state index contributed by atoms with van der Waals surface area (Å²) in [6, 6.07) is 13.8. The van der Waals surface area contributed by atoms with Crippen molar-refractivity contribution in [2.75, 3.05) is 6.61 Å². The Bertz CT molecular complexity index is 542. The maximum absolute atomic E-state index is 13.8. The fourth-order valence-electron chi connectivity index (χ4n) is 2.05. The van der Waals surface area contributed by atoms with Gasteiger partial charge in [-0.3, -0.25) is 5.84 Å². The molecule has 1 atom stereocenters. The lowest BCUT2D eigenvalue weighted by Gasteiger charge is -2.18. The first kappa shape index (κ1) is 14.5. The molecule has 0 saturated carbocycles. The van der Waals surface area contributed by atoms with E-state index in [4.69, 9.17) is 10.6 Å². The molecule has 0 amide bonds. The van der Waals surface area contributed by atoms with E-state index < -0.39 is 0 Å². The first-order valence-corrected chi connectivity index (χ1v) is 6.69. The number of ether oxygens (including phenoxy) is 1. The van der Waals surface area contributed by atoms with Crippen molar-refractivity contribution < 1.29 is 9.13 Å². The van der Waals surface area contributed by atoms with Crippen molar-refractivity contribution in [3.05, 3.63) is 65.5 Å². The van der Waals surface area contributed by atoms with Gasteiger partial charge in [-0.25, -0.2) is 9.82 Å². The van der Waals surface area contributed by atoms with Crippen LogP contribution in [0.25, 0.3) is 0 Å². The number of hydrazine groups is 1. The van der Waals surface area contributed by atoms with Crippen LogP contribution in [0.3, 0.4) is 0 Å². The van der Waals surface area contributed by atoms with Crippen LogP contribution in [0.2, 0.25) is 0 Å². The zero-order chi connectivity index (χ0) is 14.4. The van der Waals surface area contributed by atoms with E-state index >= 15 is 0 Å². The summed E-state index contributed by atoms with van der Waals surface area (Å²) in [6.45, 7) is 2.74. The highest BCUT2D eigenvalue weighted by Gasteiger charge is 2.15. The summed E-state index contributed by atoms with van der Waals surface area (Å²) < 4.78 is 19.4. The van der Waals surface area contributed by atoms with Crippen LogP contribution in [0.5, 0.6) is 5.75 Å². The molecule has 0 heterocycles. The van der Waals surface area contributed by atoms with E-state index in [0.717, 1.165) is 17.7 Å². The third-order valence-electron chi connectivity index (χ3n) is 3.07. The predicted molar refractivity (Wildman–Crippen MR) is 77.8 cm³/mol. The zero-order valence-electron chi connectivity index (χ0n) is 11.5.